The van der Waals surface area contributed by atoms with E-state index >= 15 is 0 Å². The van der Waals surface area contributed by atoms with Crippen molar-refractivity contribution in [1.29, 1.82) is 0 Å². The Labute approximate surface area is 151 Å². The van der Waals surface area contributed by atoms with Gasteiger partial charge in [0.05, 0.1) is 24.4 Å². The molecule has 26 heavy (non-hydrogen) atoms. The van der Waals surface area contributed by atoms with Gasteiger partial charge in [-0.25, -0.2) is 9.97 Å². The predicted octanol–water partition coefficient (Wildman–Crippen LogP) is 2.95. The Kier molecular flexibility index (Phi) is 4.57. The lowest BCUT2D eigenvalue weighted by Gasteiger charge is -2.04. The lowest BCUT2D eigenvalue weighted by atomic mass is 10.1. The molecule has 6 nitrogen and oxygen atoms in total. The number of aromatic nitrogens is 4. The minimum atomic E-state index is 0.0300. The molecule has 0 spiro atoms. The fraction of sp³-hybridized carbons (Fsp3) is 0.150. The van der Waals surface area contributed by atoms with Crippen LogP contribution >= 0.6 is 0 Å². The number of nitrogens with zero attached hydrogens (tertiary/aromatic N) is 4. The normalized spacial score (nSPS) is 11.0. The van der Waals surface area contributed by atoms with Gasteiger partial charge in [0.1, 0.15) is 5.69 Å². The van der Waals surface area contributed by atoms with E-state index in [1.807, 2.05) is 41.1 Å². The molecule has 0 aliphatic heterocycles. The molecule has 0 fully saturated rings. The number of hydrogen-bond donors (Lipinski definition) is 2. The van der Waals surface area contributed by atoms with Gasteiger partial charge in [-0.2, -0.15) is 5.10 Å². The molecule has 0 bridgehead atoms. The van der Waals surface area contributed by atoms with Gasteiger partial charge in [-0.05, 0) is 17.7 Å². The number of benzene rings is 2. The summed E-state index contributed by atoms with van der Waals surface area (Å²) in [7, 11) is 0. The van der Waals surface area contributed by atoms with Crippen LogP contribution in [-0.4, -0.2) is 38.0 Å². The van der Waals surface area contributed by atoms with Crippen LogP contribution in [0.5, 0.6) is 0 Å². The van der Waals surface area contributed by atoms with Gasteiger partial charge in [0.25, 0.3) is 0 Å². The van der Waals surface area contributed by atoms with Crippen LogP contribution < -0.4 is 5.32 Å². The Morgan fingerprint density at radius 3 is 2.62 bits per heavy atom. The summed E-state index contributed by atoms with van der Waals surface area (Å²) in [4.78, 5) is 8.73. The van der Waals surface area contributed by atoms with Gasteiger partial charge in [0.2, 0.25) is 5.95 Å². The molecular weight excluding hydrogens is 326 g/mol. The average Bonchev–Trinajstić information content (AvgIpc) is 3.06. The fourth-order valence-corrected chi connectivity index (χ4v) is 2.94. The highest BCUT2D eigenvalue weighted by molar-refractivity contribution is 5.92. The molecule has 0 amide bonds. The monoisotopic (exact) mass is 345 g/mol. The second-order valence-electron chi connectivity index (χ2n) is 5.92. The van der Waals surface area contributed by atoms with Crippen molar-refractivity contribution in [2.75, 3.05) is 18.5 Å². The summed E-state index contributed by atoms with van der Waals surface area (Å²) >= 11 is 0. The fourth-order valence-electron chi connectivity index (χ4n) is 2.94. The third-order valence-corrected chi connectivity index (χ3v) is 4.13. The van der Waals surface area contributed by atoms with E-state index in [0.29, 0.717) is 19.0 Å². The lowest BCUT2D eigenvalue weighted by molar-refractivity contribution is 0.311. The maximum atomic E-state index is 8.97. The van der Waals surface area contributed by atoms with Crippen molar-refractivity contribution in [3.05, 3.63) is 72.4 Å². The summed E-state index contributed by atoms with van der Waals surface area (Å²) < 4.78 is 2.00. The smallest absolute Gasteiger partial charge is 0.223 e. The largest absolute Gasteiger partial charge is 0.395 e. The molecule has 6 heteroatoms. The van der Waals surface area contributed by atoms with E-state index in [0.717, 1.165) is 22.3 Å². The maximum Gasteiger partial charge on any atom is 0.223 e. The Morgan fingerprint density at radius 1 is 0.962 bits per heavy atom. The van der Waals surface area contributed by atoms with Crippen molar-refractivity contribution < 1.29 is 5.11 Å². The summed E-state index contributed by atoms with van der Waals surface area (Å²) in [6.45, 7) is 1.14. The third kappa shape index (κ3) is 3.27. The Bertz CT molecular complexity index is 1010. The van der Waals surface area contributed by atoms with Crippen molar-refractivity contribution in [3.8, 4) is 11.4 Å². The number of anilines is 1. The van der Waals surface area contributed by atoms with Gasteiger partial charge in [0.15, 0.2) is 0 Å². The van der Waals surface area contributed by atoms with Crippen LogP contribution in [0.4, 0.5) is 5.95 Å². The molecule has 2 aromatic heterocycles. The Morgan fingerprint density at radius 2 is 1.77 bits per heavy atom. The summed E-state index contributed by atoms with van der Waals surface area (Å²) in [5.74, 6) is 0.484. The molecule has 0 saturated heterocycles. The molecule has 2 heterocycles. The van der Waals surface area contributed by atoms with Crippen LogP contribution in [0.3, 0.4) is 0 Å². The van der Waals surface area contributed by atoms with E-state index in [4.69, 9.17) is 10.2 Å². The molecule has 0 aliphatic rings. The number of hydrogen-bond acceptors (Lipinski definition) is 5. The highest BCUT2D eigenvalue weighted by Gasteiger charge is 2.14. The summed E-state index contributed by atoms with van der Waals surface area (Å²) in [5.41, 5.74) is 3.84. The zero-order chi connectivity index (χ0) is 17.8. The summed E-state index contributed by atoms with van der Waals surface area (Å²) in [6.07, 6.45) is 1.70. The second kappa shape index (κ2) is 7.33. The molecule has 0 aliphatic carbocycles. The van der Waals surface area contributed by atoms with Crippen molar-refractivity contribution in [2.24, 2.45) is 0 Å². The molecule has 0 saturated carbocycles. The molecule has 4 aromatic rings. The number of fused-ring (bicyclic) bond motifs is 1. The van der Waals surface area contributed by atoms with Crippen molar-refractivity contribution in [1.82, 2.24) is 19.7 Å². The Balaban J connectivity index is 1.76. The van der Waals surface area contributed by atoms with Crippen molar-refractivity contribution in [3.63, 3.8) is 0 Å². The van der Waals surface area contributed by atoms with Crippen molar-refractivity contribution in [2.45, 2.75) is 6.54 Å². The molecule has 0 radical (unpaired) electrons. The average molecular weight is 345 g/mol. The van der Waals surface area contributed by atoms with Crippen LogP contribution in [0.15, 0.2) is 66.9 Å². The SMILES string of the molecule is OCCNc1nccc(-c2nn(Cc3ccccc3)c3ccccc23)n1. The highest BCUT2D eigenvalue weighted by Crippen LogP contribution is 2.27. The van der Waals surface area contributed by atoms with Gasteiger partial charge in [0, 0.05) is 18.1 Å². The van der Waals surface area contributed by atoms with Crippen LogP contribution in [0.2, 0.25) is 0 Å². The third-order valence-electron chi connectivity index (χ3n) is 4.13. The highest BCUT2D eigenvalue weighted by atomic mass is 16.3. The first-order valence-corrected chi connectivity index (χ1v) is 8.53. The molecule has 130 valence electrons. The quantitative estimate of drug-likeness (QED) is 0.562. The van der Waals surface area contributed by atoms with Gasteiger partial charge in [-0.1, -0.05) is 48.5 Å². The van der Waals surface area contributed by atoms with Crippen LogP contribution in [0, 0.1) is 0 Å². The van der Waals surface area contributed by atoms with E-state index in [9.17, 15) is 0 Å². The first-order chi connectivity index (χ1) is 12.8. The van der Waals surface area contributed by atoms with E-state index in [-0.39, 0.29) is 6.61 Å². The minimum Gasteiger partial charge on any atom is -0.395 e. The maximum absolute atomic E-state index is 8.97. The zero-order valence-electron chi connectivity index (χ0n) is 14.2. The van der Waals surface area contributed by atoms with E-state index in [1.54, 1.807) is 6.20 Å². The number of rotatable bonds is 6. The molecular formula is C20H19N5O. The number of nitrogens with one attached hydrogen (secondary N) is 1. The molecule has 4 rings (SSSR count). The predicted molar refractivity (Wildman–Crippen MR) is 102 cm³/mol. The first kappa shape index (κ1) is 16.2. The minimum absolute atomic E-state index is 0.0300. The van der Waals surface area contributed by atoms with Gasteiger partial charge >= 0.3 is 0 Å². The molecule has 2 aromatic carbocycles. The number of aliphatic hydroxyl groups excluding tert-OH is 1. The first-order valence-electron chi connectivity index (χ1n) is 8.53. The van der Waals surface area contributed by atoms with Gasteiger partial charge in [-0.3, -0.25) is 4.68 Å². The lowest BCUT2D eigenvalue weighted by Crippen LogP contribution is -2.08. The van der Waals surface area contributed by atoms with E-state index in [1.165, 1.54) is 5.56 Å². The molecule has 0 unspecified atom stereocenters. The topological polar surface area (TPSA) is 75.9 Å². The number of para-hydroxylation sites is 1. The standard InChI is InChI=1S/C20H19N5O/c26-13-12-22-20-21-11-10-17(23-20)19-16-8-4-5-9-18(16)25(24-19)14-15-6-2-1-3-7-15/h1-11,26H,12-14H2,(H,21,22,23). The van der Waals surface area contributed by atoms with Crippen LogP contribution in [-0.2, 0) is 6.54 Å². The molecule has 2 N–H and O–H groups in total. The van der Waals surface area contributed by atoms with E-state index in [2.05, 4.69) is 39.6 Å². The Hall–Kier alpha value is -3.25. The summed E-state index contributed by atoms with van der Waals surface area (Å²) in [5, 5.41) is 17.8. The van der Waals surface area contributed by atoms with Crippen LogP contribution in [0.25, 0.3) is 22.3 Å². The van der Waals surface area contributed by atoms with Crippen LogP contribution in [0.1, 0.15) is 5.56 Å². The second-order valence-corrected chi connectivity index (χ2v) is 5.92. The summed E-state index contributed by atoms with van der Waals surface area (Å²) in [6, 6.07) is 20.3. The van der Waals surface area contributed by atoms with E-state index < -0.39 is 0 Å². The van der Waals surface area contributed by atoms with Gasteiger partial charge < -0.3 is 10.4 Å². The molecule has 0 atom stereocenters. The number of aliphatic hydroxyl groups is 1. The zero-order valence-corrected chi connectivity index (χ0v) is 14.2. The van der Waals surface area contributed by atoms with Crippen molar-refractivity contribution >= 4 is 16.9 Å². The van der Waals surface area contributed by atoms with Gasteiger partial charge in [-0.15, -0.1) is 0 Å².